The Morgan fingerprint density at radius 3 is 2.00 bits per heavy atom. The van der Waals surface area contributed by atoms with Crippen molar-refractivity contribution in [2.75, 3.05) is 20.1 Å². The lowest BCUT2D eigenvalue weighted by atomic mass is 10.2. The molecule has 0 aliphatic heterocycles. The van der Waals surface area contributed by atoms with Crippen molar-refractivity contribution in [1.29, 1.82) is 0 Å². The van der Waals surface area contributed by atoms with Crippen LogP contribution in [-0.2, 0) is 0 Å². The van der Waals surface area contributed by atoms with Crippen molar-refractivity contribution in [3.63, 3.8) is 0 Å². The third kappa shape index (κ3) is 4.13. The van der Waals surface area contributed by atoms with E-state index in [1.165, 1.54) is 5.92 Å². The van der Waals surface area contributed by atoms with Crippen molar-refractivity contribution in [2.45, 2.75) is 20.8 Å². The summed E-state index contributed by atoms with van der Waals surface area (Å²) in [6, 6.07) is 0. The van der Waals surface area contributed by atoms with Crippen LogP contribution in [0.2, 0.25) is 0 Å². The van der Waals surface area contributed by atoms with Gasteiger partial charge < -0.3 is 4.90 Å². The van der Waals surface area contributed by atoms with E-state index in [1.54, 1.807) is 0 Å². The molecule has 1 nitrogen and oxygen atoms in total. The molecule has 0 aliphatic carbocycles. The lowest BCUT2D eigenvalue weighted by molar-refractivity contribution is 0.366. The van der Waals surface area contributed by atoms with Crippen molar-refractivity contribution in [3.8, 4) is 0 Å². The Morgan fingerprint density at radius 1 is 1.38 bits per heavy atom. The van der Waals surface area contributed by atoms with Crippen LogP contribution in [0.25, 0.3) is 0 Å². The fourth-order valence-electron chi connectivity index (χ4n) is 0.652. The molecule has 0 saturated heterocycles. The van der Waals surface area contributed by atoms with E-state index in [0.29, 0.717) is 0 Å². The monoisotopic (exact) mass is 114 g/mol. The van der Waals surface area contributed by atoms with E-state index in [4.69, 9.17) is 0 Å². The minimum absolute atomic E-state index is 1.14. The molecule has 0 spiro atoms. The third-order valence-corrected chi connectivity index (χ3v) is 1.13. The number of hydrogen-bond acceptors (Lipinski definition) is 1. The van der Waals surface area contributed by atoms with Crippen LogP contribution in [0.3, 0.4) is 0 Å². The molecule has 0 rings (SSSR count). The molecule has 0 atom stereocenters. The minimum atomic E-state index is 1.14. The number of rotatable bonds is 3. The zero-order chi connectivity index (χ0) is 6.57. The van der Waals surface area contributed by atoms with E-state index in [1.807, 2.05) is 0 Å². The normalized spacial score (nSPS) is 11.2. The van der Waals surface area contributed by atoms with Gasteiger partial charge in [0.15, 0.2) is 0 Å². The second-order valence-corrected chi connectivity index (χ2v) is 2.54. The third-order valence-electron chi connectivity index (χ3n) is 1.13. The standard InChI is InChI=1S/C7H16N/c1-5-8(4)6-7(2)3/h5-6H2,1-4H3. The first-order valence-corrected chi connectivity index (χ1v) is 3.14. The molecule has 0 aromatic heterocycles. The largest absolute Gasteiger partial charge is 0.306 e. The fraction of sp³-hybridized carbons (Fsp3) is 0.857. The summed E-state index contributed by atoms with van der Waals surface area (Å²) in [7, 11) is 2.13. The first kappa shape index (κ1) is 7.96. The summed E-state index contributed by atoms with van der Waals surface area (Å²) in [5.74, 6) is 1.48. The molecule has 1 radical (unpaired) electrons. The highest BCUT2D eigenvalue weighted by Crippen LogP contribution is 1.96. The molecule has 1 heteroatoms. The van der Waals surface area contributed by atoms with Gasteiger partial charge in [-0.15, -0.1) is 0 Å². The van der Waals surface area contributed by atoms with Crippen LogP contribution in [0.4, 0.5) is 0 Å². The van der Waals surface area contributed by atoms with Gasteiger partial charge >= 0.3 is 0 Å². The van der Waals surface area contributed by atoms with Gasteiger partial charge in [0.05, 0.1) is 0 Å². The van der Waals surface area contributed by atoms with Gasteiger partial charge in [0, 0.05) is 6.54 Å². The molecule has 0 aromatic carbocycles. The fourth-order valence-corrected chi connectivity index (χ4v) is 0.652. The Hall–Kier alpha value is -0.0400. The van der Waals surface area contributed by atoms with Crippen molar-refractivity contribution >= 4 is 0 Å². The average Bonchev–Trinajstić information content (AvgIpc) is 1.65. The van der Waals surface area contributed by atoms with Gasteiger partial charge in [-0.1, -0.05) is 20.8 Å². The summed E-state index contributed by atoms with van der Waals surface area (Å²) in [6.45, 7) is 8.77. The number of hydrogen-bond donors (Lipinski definition) is 0. The number of nitrogens with zero attached hydrogens (tertiary/aromatic N) is 1. The van der Waals surface area contributed by atoms with E-state index in [9.17, 15) is 0 Å². The maximum atomic E-state index is 2.29. The molecular weight excluding hydrogens is 98.1 g/mol. The molecular formula is C7H16N. The molecule has 0 N–H and O–H groups in total. The SMILES string of the molecule is CCN(C)C[C](C)C. The molecule has 0 unspecified atom stereocenters. The molecule has 49 valence electrons. The molecule has 0 heterocycles. The highest BCUT2D eigenvalue weighted by atomic mass is 15.1. The zero-order valence-electron chi connectivity index (χ0n) is 6.36. The highest BCUT2D eigenvalue weighted by molar-refractivity contribution is 4.79. The summed E-state index contributed by atoms with van der Waals surface area (Å²) in [5.41, 5.74) is 0. The summed E-state index contributed by atoms with van der Waals surface area (Å²) in [6.07, 6.45) is 0. The summed E-state index contributed by atoms with van der Waals surface area (Å²) in [5, 5.41) is 0. The van der Waals surface area contributed by atoms with E-state index < -0.39 is 0 Å². The predicted molar refractivity (Wildman–Crippen MR) is 37.8 cm³/mol. The smallest absolute Gasteiger partial charge is 0.00351 e. The van der Waals surface area contributed by atoms with E-state index in [-0.39, 0.29) is 0 Å². The zero-order valence-corrected chi connectivity index (χ0v) is 6.36. The first-order valence-electron chi connectivity index (χ1n) is 3.14. The second-order valence-electron chi connectivity index (χ2n) is 2.54. The molecule has 8 heavy (non-hydrogen) atoms. The van der Waals surface area contributed by atoms with Crippen LogP contribution in [0, 0.1) is 5.92 Å². The van der Waals surface area contributed by atoms with Gasteiger partial charge in [-0.05, 0) is 19.5 Å². The molecule has 0 amide bonds. The predicted octanol–water partition coefficient (Wildman–Crippen LogP) is 1.55. The van der Waals surface area contributed by atoms with Crippen LogP contribution < -0.4 is 0 Å². The first-order chi connectivity index (χ1) is 3.66. The van der Waals surface area contributed by atoms with Gasteiger partial charge in [-0.2, -0.15) is 0 Å². The van der Waals surface area contributed by atoms with Crippen molar-refractivity contribution < 1.29 is 0 Å². The van der Waals surface area contributed by atoms with E-state index >= 15 is 0 Å². The van der Waals surface area contributed by atoms with Gasteiger partial charge in [-0.25, -0.2) is 0 Å². The van der Waals surface area contributed by atoms with Gasteiger partial charge in [0.2, 0.25) is 0 Å². The average molecular weight is 114 g/mol. The van der Waals surface area contributed by atoms with Crippen LogP contribution >= 0.6 is 0 Å². The van der Waals surface area contributed by atoms with E-state index in [2.05, 4.69) is 32.7 Å². The molecule has 0 fully saturated rings. The van der Waals surface area contributed by atoms with Crippen LogP contribution in [0.15, 0.2) is 0 Å². The second kappa shape index (κ2) is 3.90. The van der Waals surface area contributed by atoms with E-state index in [0.717, 1.165) is 13.1 Å². The highest BCUT2D eigenvalue weighted by Gasteiger charge is 1.96. The Kier molecular flexibility index (Phi) is 3.88. The Balaban J connectivity index is 3.10. The maximum absolute atomic E-state index is 2.29. The summed E-state index contributed by atoms with van der Waals surface area (Å²) in [4.78, 5) is 2.29. The van der Waals surface area contributed by atoms with Gasteiger partial charge in [-0.3, -0.25) is 0 Å². The van der Waals surface area contributed by atoms with Crippen LogP contribution in [0.1, 0.15) is 20.8 Å². The molecule has 0 bridgehead atoms. The van der Waals surface area contributed by atoms with Gasteiger partial charge in [0.25, 0.3) is 0 Å². The quantitative estimate of drug-likeness (QED) is 0.538. The van der Waals surface area contributed by atoms with Crippen molar-refractivity contribution in [2.24, 2.45) is 0 Å². The Labute approximate surface area is 52.7 Å². The maximum Gasteiger partial charge on any atom is 0.00351 e. The van der Waals surface area contributed by atoms with Crippen LogP contribution in [0.5, 0.6) is 0 Å². The topological polar surface area (TPSA) is 3.24 Å². The molecule has 0 aliphatic rings. The summed E-state index contributed by atoms with van der Waals surface area (Å²) >= 11 is 0. The van der Waals surface area contributed by atoms with Crippen LogP contribution in [-0.4, -0.2) is 25.0 Å². The molecule has 0 aromatic rings. The molecule has 0 saturated carbocycles. The van der Waals surface area contributed by atoms with Gasteiger partial charge in [0.1, 0.15) is 0 Å². The lowest BCUT2D eigenvalue weighted by Crippen LogP contribution is -2.21. The van der Waals surface area contributed by atoms with Crippen molar-refractivity contribution in [3.05, 3.63) is 5.92 Å². The Bertz CT molecular complexity index is 50.3. The Morgan fingerprint density at radius 2 is 1.88 bits per heavy atom. The van der Waals surface area contributed by atoms with Crippen molar-refractivity contribution in [1.82, 2.24) is 4.90 Å². The summed E-state index contributed by atoms with van der Waals surface area (Å²) < 4.78 is 0. The minimum Gasteiger partial charge on any atom is -0.306 e. The lowest BCUT2D eigenvalue weighted by Gasteiger charge is -2.15.